The Bertz CT molecular complexity index is 571. The Labute approximate surface area is 126 Å². The van der Waals surface area contributed by atoms with Crippen LogP contribution < -0.4 is 0 Å². The van der Waals surface area contributed by atoms with Crippen molar-refractivity contribution in [1.82, 2.24) is 4.98 Å². The lowest BCUT2D eigenvalue weighted by atomic mass is 9.98. The topological polar surface area (TPSA) is 33.1 Å². The van der Waals surface area contributed by atoms with Crippen LogP contribution in [0.5, 0.6) is 0 Å². The molecule has 1 atom stereocenters. The van der Waals surface area contributed by atoms with E-state index in [1.54, 1.807) is 11.6 Å². The van der Waals surface area contributed by atoms with Gasteiger partial charge in [0.1, 0.15) is 0 Å². The molecule has 20 heavy (non-hydrogen) atoms. The van der Waals surface area contributed by atoms with Crippen LogP contribution in [0, 0.1) is 0 Å². The van der Waals surface area contributed by atoms with Crippen LogP contribution in [0.15, 0.2) is 33.6 Å². The van der Waals surface area contributed by atoms with E-state index in [9.17, 15) is 18.3 Å². The minimum absolute atomic E-state index is 0.101. The van der Waals surface area contributed by atoms with E-state index < -0.39 is 12.3 Å². The van der Waals surface area contributed by atoms with Gasteiger partial charge in [0.05, 0.1) is 11.2 Å². The van der Waals surface area contributed by atoms with E-state index in [4.69, 9.17) is 0 Å². The van der Waals surface area contributed by atoms with Gasteiger partial charge < -0.3 is 5.11 Å². The fourth-order valence-corrected chi connectivity index (χ4v) is 2.86. The van der Waals surface area contributed by atoms with Gasteiger partial charge in [-0.1, -0.05) is 22.0 Å². The predicted molar refractivity (Wildman–Crippen MR) is 74.7 cm³/mol. The highest BCUT2D eigenvalue weighted by molar-refractivity contribution is 9.10. The first-order chi connectivity index (χ1) is 9.38. The van der Waals surface area contributed by atoms with E-state index in [1.807, 2.05) is 5.38 Å². The number of alkyl halides is 3. The van der Waals surface area contributed by atoms with Gasteiger partial charge in [-0.05, 0) is 36.1 Å². The standard InChI is InChI=1S/C13H11BrF3NOS/c14-9-2-4-11(12(19)13(15,16)17)8(5-9)1-3-10-6-20-7-18-10/h2,4-7,12,19H,1,3H2. The molecule has 2 nitrogen and oxygen atoms in total. The van der Waals surface area contributed by atoms with Gasteiger partial charge in [-0.25, -0.2) is 4.98 Å². The van der Waals surface area contributed by atoms with Crippen LogP contribution in [0.3, 0.4) is 0 Å². The Morgan fingerprint density at radius 1 is 1.30 bits per heavy atom. The van der Waals surface area contributed by atoms with Crippen LogP contribution in [0.2, 0.25) is 0 Å². The monoisotopic (exact) mass is 365 g/mol. The van der Waals surface area contributed by atoms with Crippen LogP contribution in [-0.2, 0) is 12.8 Å². The number of hydrogen-bond donors (Lipinski definition) is 1. The molecule has 1 heterocycles. The van der Waals surface area contributed by atoms with E-state index in [-0.39, 0.29) is 5.56 Å². The van der Waals surface area contributed by atoms with Crippen LogP contribution in [0.4, 0.5) is 13.2 Å². The first-order valence-corrected chi connectivity index (χ1v) is 7.51. The molecule has 0 bridgehead atoms. The molecule has 0 amide bonds. The third kappa shape index (κ3) is 3.80. The molecule has 0 radical (unpaired) electrons. The van der Waals surface area contributed by atoms with E-state index in [0.29, 0.717) is 22.9 Å². The van der Waals surface area contributed by atoms with Crippen LogP contribution >= 0.6 is 27.3 Å². The van der Waals surface area contributed by atoms with Gasteiger partial charge in [0, 0.05) is 9.85 Å². The molecule has 2 aromatic rings. The largest absolute Gasteiger partial charge is 0.418 e. The number of aryl methyl sites for hydroxylation is 2. The second kappa shape index (κ2) is 6.24. The number of aliphatic hydroxyl groups excluding tert-OH is 1. The summed E-state index contributed by atoms with van der Waals surface area (Å²) in [5.41, 5.74) is 2.89. The molecule has 0 aliphatic rings. The average Bonchev–Trinajstić information content (AvgIpc) is 2.87. The number of rotatable bonds is 4. The summed E-state index contributed by atoms with van der Waals surface area (Å²) in [6.07, 6.45) is -6.19. The zero-order chi connectivity index (χ0) is 14.8. The number of aliphatic hydroxyl groups is 1. The molecule has 0 spiro atoms. The Hall–Kier alpha value is -0.920. The van der Waals surface area contributed by atoms with E-state index >= 15 is 0 Å². The molecule has 108 valence electrons. The minimum atomic E-state index is -4.66. The molecule has 1 N–H and O–H groups in total. The predicted octanol–water partition coefficient (Wildman–Crippen LogP) is 4.29. The van der Waals surface area contributed by atoms with Crippen molar-refractivity contribution in [2.45, 2.75) is 25.1 Å². The Morgan fingerprint density at radius 3 is 2.65 bits per heavy atom. The highest BCUT2D eigenvalue weighted by Crippen LogP contribution is 2.35. The highest BCUT2D eigenvalue weighted by atomic mass is 79.9. The average molecular weight is 366 g/mol. The smallest absolute Gasteiger partial charge is 0.379 e. The summed E-state index contributed by atoms with van der Waals surface area (Å²) in [5, 5.41) is 11.3. The normalized spacial score (nSPS) is 13.4. The van der Waals surface area contributed by atoms with Crippen molar-refractivity contribution < 1.29 is 18.3 Å². The van der Waals surface area contributed by atoms with Crippen LogP contribution in [0.1, 0.15) is 22.9 Å². The second-order valence-electron chi connectivity index (χ2n) is 4.27. The van der Waals surface area contributed by atoms with Gasteiger partial charge in [-0.15, -0.1) is 11.3 Å². The number of halogens is 4. The summed E-state index contributed by atoms with van der Waals surface area (Å²) in [6, 6.07) is 4.41. The van der Waals surface area contributed by atoms with Crippen molar-refractivity contribution >= 4 is 27.3 Å². The minimum Gasteiger partial charge on any atom is -0.379 e. The Balaban J connectivity index is 2.24. The number of nitrogens with zero attached hydrogens (tertiary/aromatic N) is 1. The summed E-state index contributed by atoms with van der Waals surface area (Å²) in [4.78, 5) is 4.10. The number of aromatic nitrogens is 1. The molecular weight excluding hydrogens is 355 g/mol. The maximum atomic E-state index is 12.7. The van der Waals surface area contributed by atoms with Crippen molar-refractivity contribution in [3.05, 3.63) is 50.4 Å². The third-order valence-corrected chi connectivity index (χ3v) is 3.97. The van der Waals surface area contributed by atoms with Crippen molar-refractivity contribution in [3.8, 4) is 0 Å². The molecule has 0 fully saturated rings. The fraction of sp³-hybridized carbons (Fsp3) is 0.308. The molecule has 0 saturated carbocycles. The SMILES string of the molecule is OC(c1ccc(Br)cc1CCc1cscn1)C(F)(F)F. The Morgan fingerprint density at radius 2 is 2.05 bits per heavy atom. The lowest BCUT2D eigenvalue weighted by molar-refractivity contribution is -0.207. The summed E-state index contributed by atoms with van der Waals surface area (Å²) >= 11 is 4.68. The van der Waals surface area contributed by atoms with Crippen LogP contribution in [0.25, 0.3) is 0 Å². The Kier molecular flexibility index (Phi) is 4.82. The zero-order valence-corrected chi connectivity index (χ0v) is 12.6. The first-order valence-electron chi connectivity index (χ1n) is 5.78. The number of thiazole rings is 1. The summed E-state index contributed by atoms with van der Waals surface area (Å²) in [6.45, 7) is 0. The van der Waals surface area contributed by atoms with Crippen molar-refractivity contribution in [2.75, 3.05) is 0 Å². The van der Waals surface area contributed by atoms with Crippen molar-refractivity contribution in [1.29, 1.82) is 0 Å². The maximum absolute atomic E-state index is 12.7. The summed E-state index contributed by atoms with van der Waals surface area (Å²) in [7, 11) is 0. The van der Waals surface area contributed by atoms with Gasteiger partial charge in [-0.3, -0.25) is 0 Å². The van der Waals surface area contributed by atoms with Crippen LogP contribution in [-0.4, -0.2) is 16.3 Å². The molecule has 0 saturated heterocycles. The lowest BCUT2D eigenvalue weighted by Crippen LogP contribution is -2.21. The lowest BCUT2D eigenvalue weighted by Gasteiger charge is -2.18. The molecular formula is C13H11BrF3NOS. The highest BCUT2D eigenvalue weighted by Gasteiger charge is 2.40. The van der Waals surface area contributed by atoms with Gasteiger partial charge >= 0.3 is 6.18 Å². The van der Waals surface area contributed by atoms with Gasteiger partial charge in [0.25, 0.3) is 0 Å². The number of hydrogen-bond acceptors (Lipinski definition) is 3. The zero-order valence-electron chi connectivity index (χ0n) is 10.2. The molecule has 0 aliphatic carbocycles. The van der Waals surface area contributed by atoms with E-state index in [1.165, 1.54) is 23.5 Å². The van der Waals surface area contributed by atoms with Crippen molar-refractivity contribution in [2.24, 2.45) is 0 Å². The summed E-state index contributed by atoms with van der Waals surface area (Å²) < 4.78 is 38.7. The van der Waals surface area contributed by atoms with Crippen molar-refractivity contribution in [3.63, 3.8) is 0 Å². The second-order valence-corrected chi connectivity index (χ2v) is 5.90. The molecule has 1 unspecified atom stereocenters. The third-order valence-electron chi connectivity index (χ3n) is 2.84. The molecule has 2 rings (SSSR count). The van der Waals surface area contributed by atoms with E-state index in [0.717, 1.165) is 5.69 Å². The molecule has 0 aliphatic heterocycles. The van der Waals surface area contributed by atoms with Gasteiger partial charge in [-0.2, -0.15) is 13.2 Å². The molecule has 7 heteroatoms. The first kappa shape index (κ1) is 15.5. The fourth-order valence-electron chi connectivity index (χ4n) is 1.86. The number of benzene rings is 1. The quantitative estimate of drug-likeness (QED) is 0.876. The van der Waals surface area contributed by atoms with E-state index in [2.05, 4.69) is 20.9 Å². The van der Waals surface area contributed by atoms with Gasteiger partial charge in [0.15, 0.2) is 6.10 Å². The maximum Gasteiger partial charge on any atom is 0.418 e. The van der Waals surface area contributed by atoms with Gasteiger partial charge in [0.2, 0.25) is 0 Å². The molecule has 1 aromatic carbocycles. The summed E-state index contributed by atoms with van der Waals surface area (Å²) in [5.74, 6) is 0. The molecule has 1 aromatic heterocycles.